The molecule has 11 heteroatoms. The van der Waals surface area contributed by atoms with E-state index in [0.717, 1.165) is 12.1 Å². The fraction of sp³-hybridized carbons (Fsp3) is 0.0588. The molecule has 0 fully saturated rings. The molecule has 226 valence electrons. The van der Waals surface area contributed by atoms with Gasteiger partial charge in [0.15, 0.2) is 0 Å². The van der Waals surface area contributed by atoms with Crippen LogP contribution in [-0.2, 0) is 16.9 Å². The van der Waals surface area contributed by atoms with Crippen molar-refractivity contribution in [1.82, 2.24) is 0 Å². The molecule has 7 rings (SSSR count). The summed E-state index contributed by atoms with van der Waals surface area (Å²) in [5.41, 5.74) is -2.76. The molecular weight excluding hydrogens is 617 g/mol. The van der Waals surface area contributed by atoms with Crippen LogP contribution in [0, 0.1) is 0 Å². The zero-order chi connectivity index (χ0) is 31.7. The van der Waals surface area contributed by atoms with Gasteiger partial charge in [-0.3, -0.25) is 4.89 Å². The molecule has 1 heterocycles. The molecule has 45 heavy (non-hydrogen) atoms. The van der Waals surface area contributed by atoms with Crippen molar-refractivity contribution in [2.45, 2.75) is 12.4 Å². The standard InChI is InChI=1S/C34H19F6O4P/c35-33(36,37)27-15-7-5-13-23(27)25-17-19-9-1-3-11-21(19)29-30-22-12-4-2-10-20(22)18-26(32(30)44-45(41,42)43-31(25)29)24-14-6-8-16-28(24)34(38,39)40/h1-18H,(H,41,42). The Kier molecular flexibility index (Phi) is 6.51. The van der Waals surface area contributed by atoms with Crippen LogP contribution < -0.4 is 9.05 Å². The molecule has 0 atom stereocenters. The molecule has 0 aromatic heterocycles. The Labute approximate surface area is 251 Å². The molecule has 0 saturated heterocycles. The van der Waals surface area contributed by atoms with Gasteiger partial charge in [0, 0.05) is 22.3 Å². The Morgan fingerprint density at radius 2 is 0.867 bits per heavy atom. The van der Waals surface area contributed by atoms with E-state index >= 15 is 0 Å². The summed E-state index contributed by atoms with van der Waals surface area (Å²) < 4.78 is 111. The number of fused-ring (bicyclic) bond motifs is 7. The number of benzene rings is 6. The molecule has 1 N–H and O–H groups in total. The molecule has 0 spiro atoms. The van der Waals surface area contributed by atoms with Gasteiger partial charge in [0.1, 0.15) is 11.5 Å². The number of phosphoric acid groups is 1. The molecule has 1 aliphatic heterocycles. The Morgan fingerprint density at radius 3 is 1.27 bits per heavy atom. The largest absolute Gasteiger partial charge is 0.584 e. The van der Waals surface area contributed by atoms with Crippen LogP contribution in [0.2, 0.25) is 0 Å². The van der Waals surface area contributed by atoms with E-state index in [1.54, 1.807) is 48.5 Å². The predicted octanol–water partition coefficient (Wildman–Crippen LogP) is 10.9. The molecule has 6 aromatic rings. The van der Waals surface area contributed by atoms with Crippen LogP contribution in [0.15, 0.2) is 109 Å². The van der Waals surface area contributed by atoms with Crippen LogP contribution in [-0.4, -0.2) is 4.89 Å². The average Bonchev–Trinajstić information content (AvgIpc) is 3.12. The summed E-state index contributed by atoms with van der Waals surface area (Å²) in [6, 6.07) is 25.6. The summed E-state index contributed by atoms with van der Waals surface area (Å²) >= 11 is 0. The minimum Gasteiger partial charge on any atom is -0.394 e. The third kappa shape index (κ3) is 4.90. The Hall–Kier alpha value is -4.79. The van der Waals surface area contributed by atoms with Gasteiger partial charge in [0.25, 0.3) is 0 Å². The van der Waals surface area contributed by atoms with Crippen LogP contribution in [0.4, 0.5) is 26.3 Å². The molecule has 0 unspecified atom stereocenters. The van der Waals surface area contributed by atoms with E-state index in [9.17, 15) is 35.8 Å². The van der Waals surface area contributed by atoms with E-state index in [2.05, 4.69) is 0 Å². The van der Waals surface area contributed by atoms with Crippen LogP contribution in [0.3, 0.4) is 0 Å². The van der Waals surface area contributed by atoms with Gasteiger partial charge in [-0.2, -0.15) is 26.3 Å². The van der Waals surface area contributed by atoms with Gasteiger partial charge in [0.2, 0.25) is 0 Å². The Balaban J connectivity index is 1.71. The highest BCUT2D eigenvalue weighted by Crippen LogP contribution is 2.62. The number of rotatable bonds is 2. The topological polar surface area (TPSA) is 55.8 Å². The maximum atomic E-state index is 14.3. The number of hydrogen-bond acceptors (Lipinski definition) is 3. The SMILES string of the molecule is O=P1(O)Oc2c(-c3ccccc3C(F)(F)F)cc3ccccc3c2-c2c(c(-c3ccccc3C(F)(F)F)cc3ccccc23)O1. The molecule has 0 aliphatic carbocycles. The third-order valence-corrected chi connectivity index (χ3v) is 8.54. The van der Waals surface area contributed by atoms with Crippen molar-refractivity contribution < 1.29 is 44.8 Å². The first-order chi connectivity index (χ1) is 21.3. The fourth-order valence-corrected chi connectivity index (χ4v) is 6.80. The van der Waals surface area contributed by atoms with Gasteiger partial charge in [-0.25, -0.2) is 4.57 Å². The zero-order valence-corrected chi connectivity index (χ0v) is 23.7. The molecule has 0 amide bonds. The van der Waals surface area contributed by atoms with Crippen LogP contribution >= 0.6 is 7.82 Å². The highest BCUT2D eigenvalue weighted by Gasteiger charge is 2.41. The van der Waals surface area contributed by atoms with E-state index in [1.165, 1.54) is 48.5 Å². The summed E-state index contributed by atoms with van der Waals surface area (Å²) in [5.74, 6) is -0.747. The van der Waals surface area contributed by atoms with Crippen molar-refractivity contribution in [2.75, 3.05) is 0 Å². The van der Waals surface area contributed by atoms with E-state index < -0.39 is 31.3 Å². The second-order valence-electron chi connectivity index (χ2n) is 10.4. The lowest BCUT2D eigenvalue weighted by atomic mass is 9.85. The number of alkyl halides is 6. The lowest BCUT2D eigenvalue weighted by molar-refractivity contribution is -0.137. The van der Waals surface area contributed by atoms with Gasteiger partial charge >= 0.3 is 20.2 Å². The van der Waals surface area contributed by atoms with Crippen molar-refractivity contribution in [1.29, 1.82) is 0 Å². The molecule has 0 saturated carbocycles. The van der Waals surface area contributed by atoms with E-state index in [-0.39, 0.29) is 44.9 Å². The quantitative estimate of drug-likeness (QED) is 0.152. The van der Waals surface area contributed by atoms with Crippen molar-refractivity contribution in [3.63, 3.8) is 0 Å². The second-order valence-corrected chi connectivity index (χ2v) is 11.7. The van der Waals surface area contributed by atoms with Crippen molar-refractivity contribution in [3.8, 4) is 44.9 Å². The summed E-state index contributed by atoms with van der Waals surface area (Å²) in [7, 11) is -5.22. The van der Waals surface area contributed by atoms with E-state index in [0.29, 0.717) is 21.5 Å². The maximum Gasteiger partial charge on any atom is 0.584 e. The van der Waals surface area contributed by atoms with Gasteiger partial charge in [-0.1, -0.05) is 84.9 Å². The Morgan fingerprint density at radius 1 is 0.511 bits per heavy atom. The van der Waals surface area contributed by atoms with Crippen LogP contribution in [0.5, 0.6) is 11.5 Å². The van der Waals surface area contributed by atoms with Gasteiger partial charge in [-0.15, -0.1) is 0 Å². The summed E-state index contributed by atoms with van der Waals surface area (Å²) in [6.07, 6.45) is -9.59. The number of hydrogen-bond donors (Lipinski definition) is 1. The van der Waals surface area contributed by atoms with Crippen molar-refractivity contribution in [3.05, 3.63) is 120 Å². The first-order valence-corrected chi connectivity index (χ1v) is 15.0. The molecule has 0 radical (unpaired) electrons. The molecular formula is C34H19F6O4P. The zero-order valence-electron chi connectivity index (χ0n) is 22.8. The highest BCUT2D eigenvalue weighted by atomic mass is 31.2. The van der Waals surface area contributed by atoms with Crippen molar-refractivity contribution >= 4 is 29.4 Å². The maximum absolute atomic E-state index is 14.3. The normalized spacial score (nSPS) is 14.3. The summed E-state index contributed by atoms with van der Waals surface area (Å²) in [6.45, 7) is 0. The predicted molar refractivity (Wildman–Crippen MR) is 159 cm³/mol. The van der Waals surface area contributed by atoms with E-state index in [4.69, 9.17) is 9.05 Å². The number of phosphoric ester groups is 1. The average molecular weight is 636 g/mol. The summed E-state index contributed by atoms with van der Waals surface area (Å²) in [4.78, 5) is 11.1. The first kappa shape index (κ1) is 29.0. The third-order valence-electron chi connectivity index (χ3n) is 7.71. The second kappa shape index (κ2) is 10.1. The van der Waals surface area contributed by atoms with Crippen LogP contribution in [0.1, 0.15) is 11.1 Å². The first-order valence-electron chi connectivity index (χ1n) is 13.5. The van der Waals surface area contributed by atoms with E-state index in [1.807, 2.05) is 0 Å². The molecule has 6 aromatic carbocycles. The molecule has 1 aliphatic rings. The Bertz CT molecular complexity index is 2050. The fourth-order valence-electron chi connectivity index (χ4n) is 5.92. The number of halogens is 6. The molecule has 4 nitrogen and oxygen atoms in total. The minimum absolute atomic E-state index is 0.101. The van der Waals surface area contributed by atoms with Crippen LogP contribution in [0.25, 0.3) is 54.9 Å². The smallest absolute Gasteiger partial charge is 0.394 e. The summed E-state index contributed by atoms with van der Waals surface area (Å²) in [5, 5.41) is 1.74. The lowest BCUT2D eigenvalue weighted by Gasteiger charge is -2.21. The van der Waals surface area contributed by atoms with Gasteiger partial charge in [-0.05, 0) is 56.9 Å². The van der Waals surface area contributed by atoms with Gasteiger partial charge in [0.05, 0.1) is 11.1 Å². The lowest BCUT2D eigenvalue weighted by Crippen LogP contribution is -2.08. The monoisotopic (exact) mass is 636 g/mol. The van der Waals surface area contributed by atoms with Gasteiger partial charge < -0.3 is 9.05 Å². The highest BCUT2D eigenvalue weighted by molar-refractivity contribution is 7.48. The minimum atomic E-state index is -5.22. The molecule has 0 bridgehead atoms. The van der Waals surface area contributed by atoms with Crippen molar-refractivity contribution in [2.24, 2.45) is 0 Å².